The minimum atomic E-state index is -5.77. The van der Waals surface area contributed by atoms with Crippen molar-refractivity contribution >= 4 is 0 Å². The lowest BCUT2D eigenvalue weighted by Gasteiger charge is -2.35. The molecule has 0 aromatic rings. The molecule has 1 heterocycles. The molecular weight excluding hydrogens is 227 g/mol. The third kappa shape index (κ3) is 1.93. The molecule has 0 unspecified atom stereocenters. The van der Waals surface area contributed by atoms with Crippen molar-refractivity contribution in [3.05, 3.63) is 0 Å². The molecule has 1 rings (SSSR count). The van der Waals surface area contributed by atoms with Gasteiger partial charge in [-0.15, -0.1) is 0 Å². The molecule has 0 aliphatic carbocycles. The molecule has 0 aromatic heterocycles. The lowest BCUT2D eigenvalue weighted by atomic mass is 10.1. The quantitative estimate of drug-likeness (QED) is 0.751. The largest absolute Gasteiger partial charge is 0.459 e. The topological polar surface area (TPSA) is 38.7 Å². The summed E-state index contributed by atoms with van der Waals surface area (Å²) in [5.74, 6) is -8.22. The SMILES string of the molecule is OCCC1(C(F)(F)C(F)(F)F)OCCO1. The first kappa shape index (κ1) is 12.6. The minimum Gasteiger partial charge on any atom is -0.396 e. The summed E-state index contributed by atoms with van der Waals surface area (Å²) in [7, 11) is 0. The highest BCUT2D eigenvalue weighted by Crippen LogP contribution is 2.48. The van der Waals surface area contributed by atoms with Gasteiger partial charge in [0.25, 0.3) is 0 Å². The fourth-order valence-corrected chi connectivity index (χ4v) is 1.30. The van der Waals surface area contributed by atoms with E-state index in [-0.39, 0.29) is 13.2 Å². The number of alkyl halides is 5. The summed E-state index contributed by atoms with van der Waals surface area (Å²) in [5, 5.41) is 8.46. The molecule has 15 heavy (non-hydrogen) atoms. The van der Waals surface area contributed by atoms with Crippen molar-refractivity contribution in [1.82, 2.24) is 0 Å². The number of halogens is 5. The molecule has 1 N–H and O–H groups in total. The van der Waals surface area contributed by atoms with Gasteiger partial charge >= 0.3 is 12.1 Å². The maximum absolute atomic E-state index is 13.0. The number of hydrogen-bond acceptors (Lipinski definition) is 3. The van der Waals surface area contributed by atoms with Crippen LogP contribution in [0.5, 0.6) is 0 Å². The predicted octanol–water partition coefficient (Wildman–Crippen LogP) is 1.31. The molecule has 1 aliphatic heterocycles. The second-order valence-electron chi connectivity index (χ2n) is 3.00. The fourth-order valence-electron chi connectivity index (χ4n) is 1.30. The van der Waals surface area contributed by atoms with Crippen molar-refractivity contribution < 1.29 is 36.5 Å². The number of rotatable bonds is 3. The zero-order chi connectivity index (χ0) is 11.7. The molecule has 90 valence electrons. The van der Waals surface area contributed by atoms with Crippen LogP contribution in [0.25, 0.3) is 0 Å². The van der Waals surface area contributed by atoms with Gasteiger partial charge in [0.1, 0.15) is 0 Å². The maximum Gasteiger partial charge on any atom is 0.459 e. The first-order chi connectivity index (χ1) is 6.77. The third-order valence-corrected chi connectivity index (χ3v) is 2.03. The Labute approximate surface area is 81.8 Å². The molecule has 3 nitrogen and oxygen atoms in total. The van der Waals surface area contributed by atoms with Crippen LogP contribution in [-0.4, -0.2) is 42.8 Å². The van der Waals surface area contributed by atoms with Crippen LogP contribution in [0.1, 0.15) is 6.42 Å². The monoisotopic (exact) mass is 236 g/mol. The Morgan fingerprint density at radius 3 is 1.87 bits per heavy atom. The van der Waals surface area contributed by atoms with Gasteiger partial charge < -0.3 is 14.6 Å². The van der Waals surface area contributed by atoms with Crippen LogP contribution in [0, 0.1) is 0 Å². The van der Waals surface area contributed by atoms with Crippen molar-refractivity contribution in [2.75, 3.05) is 19.8 Å². The van der Waals surface area contributed by atoms with Gasteiger partial charge in [0, 0.05) is 13.0 Å². The molecule has 0 atom stereocenters. The van der Waals surface area contributed by atoms with Crippen LogP contribution in [0.2, 0.25) is 0 Å². The summed E-state index contributed by atoms with van der Waals surface area (Å²) < 4.78 is 70.8. The second-order valence-corrected chi connectivity index (χ2v) is 3.00. The standard InChI is InChI=1S/C7H9F5O3/c8-6(9,7(10,11)12)5(1-2-13)14-3-4-15-5/h13H,1-4H2. The van der Waals surface area contributed by atoms with E-state index >= 15 is 0 Å². The highest BCUT2D eigenvalue weighted by molar-refractivity contribution is 4.94. The molecule has 8 heteroatoms. The third-order valence-electron chi connectivity index (χ3n) is 2.03. The van der Waals surface area contributed by atoms with Crippen LogP contribution < -0.4 is 0 Å². The van der Waals surface area contributed by atoms with Crippen LogP contribution in [0.3, 0.4) is 0 Å². The molecule has 0 bridgehead atoms. The summed E-state index contributed by atoms with van der Waals surface area (Å²) >= 11 is 0. The van der Waals surface area contributed by atoms with Crippen molar-refractivity contribution in [3.63, 3.8) is 0 Å². The maximum atomic E-state index is 13.0. The molecule has 0 aromatic carbocycles. The Balaban J connectivity index is 2.98. The fraction of sp³-hybridized carbons (Fsp3) is 1.00. The molecule has 0 saturated carbocycles. The van der Waals surface area contributed by atoms with E-state index in [2.05, 4.69) is 9.47 Å². The van der Waals surface area contributed by atoms with Gasteiger partial charge in [0.2, 0.25) is 5.79 Å². The summed E-state index contributed by atoms with van der Waals surface area (Å²) in [4.78, 5) is 0. The summed E-state index contributed by atoms with van der Waals surface area (Å²) in [5.41, 5.74) is 0. The minimum absolute atomic E-state index is 0.355. The number of aliphatic hydroxyl groups is 1. The van der Waals surface area contributed by atoms with Gasteiger partial charge in [-0.05, 0) is 0 Å². The molecule has 1 aliphatic rings. The van der Waals surface area contributed by atoms with Crippen molar-refractivity contribution in [2.24, 2.45) is 0 Å². The Hall–Kier alpha value is -0.470. The van der Waals surface area contributed by atoms with Crippen LogP contribution in [0.15, 0.2) is 0 Å². The molecule has 1 fully saturated rings. The Kier molecular flexibility index (Phi) is 3.22. The van der Waals surface area contributed by atoms with E-state index in [0.29, 0.717) is 0 Å². The van der Waals surface area contributed by atoms with Gasteiger partial charge in [-0.2, -0.15) is 22.0 Å². The zero-order valence-electron chi connectivity index (χ0n) is 7.48. The zero-order valence-corrected chi connectivity index (χ0v) is 7.48. The second kappa shape index (κ2) is 3.84. The van der Waals surface area contributed by atoms with Gasteiger partial charge in [-0.25, -0.2) is 0 Å². The number of hydrogen-bond donors (Lipinski definition) is 1. The van der Waals surface area contributed by atoms with E-state index in [9.17, 15) is 22.0 Å². The van der Waals surface area contributed by atoms with Crippen molar-refractivity contribution in [1.29, 1.82) is 0 Å². The highest BCUT2D eigenvalue weighted by atomic mass is 19.4. The van der Waals surface area contributed by atoms with Crippen LogP contribution in [-0.2, 0) is 9.47 Å². The first-order valence-corrected chi connectivity index (χ1v) is 4.10. The smallest absolute Gasteiger partial charge is 0.396 e. The van der Waals surface area contributed by atoms with Crippen molar-refractivity contribution in [2.45, 2.75) is 24.3 Å². The lowest BCUT2D eigenvalue weighted by Crippen LogP contribution is -2.58. The predicted molar refractivity (Wildman–Crippen MR) is 37.3 cm³/mol. The molecule has 0 radical (unpaired) electrons. The summed E-state index contributed by atoms with van der Waals surface area (Å²) in [6.07, 6.45) is -6.70. The van der Waals surface area contributed by atoms with E-state index in [0.717, 1.165) is 0 Å². The van der Waals surface area contributed by atoms with E-state index in [1.54, 1.807) is 0 Å². The molecule has 0 spiro atoms. The van der Waals surface area contributed by atoms with Gasteiger partial charge in [-0.3, -0.25) is 0 Å². The Morgan fingerprint density at radius 1 is 1.07 bits per heavy atom. The average Bonchev–Trinajstić information content (AvgIpc) is 2.53. The van der Waals surface area contributed by atoms with Gasteiger partial charge in [0.15, 0.2) is 0 Å². The molecular formula is C7H9F5O3. The molecule has 0 amide bonds. The first-order valence-electron chi connectivity index (χ1n) is 4.10. The van der Waals surface area contributed by atoms with E-state index in [1.807, 2.05) is 0 Å². The van der Waals surface area contributed by atoms with E-state index in [1.165, 1.54) is 0 Å². The van der Waals surface area contributed by atoms with Gasteiger partial charge in [0.05, 0.1) is 13.2 Å². The van der Waals surface area contributed by atoms with E-state index in [4.69, 9.17) is 5.11 Å². The number of aliphatic hydroxyl groups excluding tert-OH is 1. The van der Waals surface area contributed by atoms with E-state index < -0.39 is 30.9 Å². The summed E-state index contributed by atoms with van der Waals surface area (Å²) in [6.45, 7) is -1.59. The molecule has 1 saturated heterocycles. The van der Waals surface area contributed by atoms with Crippen LogP contribution in [0.4, 0.5) is 22.0 Å². The van der Waals surface area contributed by atoms with Crippen LogP contribution >= 0.6 is 0 Å². The Morgan fingerprint density at radius 2 is 1.53 bits per heavy atom. The average molecular weight is 236 g/mol. The Bertz CT molecular complexity index is 221. The lowest BCUT2D eigenvalue weighted by molar-refractivity contribution is -0.392. The normalized spacial score (nSPS) is 22.0. The summed E-state index contributed by atoms with van der Waals surface area (Å²) in [6, 6.07) is 0. The van der Waals surface area contributed by atoms with Crippen molar-refractivity contribution in [3.8, 4) is 0 Å². The van der Waals surface area contributed by atoms with Gasteiger partial charge in [-0.1, -0.05) is 0 Å². The number of ether oxygens (including phenoxy) is 2. The highest BCUT2D eigenvalue weighted by Gasteiger charge is 2.73.